The molecule has 0 aliphatic heterocycles. The van der Waals surface area contributed by atoms with Gasteiger partial charge in [0.1, 0.15) is 0 Å². The number of carbonyl (C=O) groups is 1. The number of esters is 1. The van der Waals surface area contributed by atoms with E-state index in [4.69, 9.17) is 11.6 Å². The maximum Gasteiger partial charge on any atom is 0.416 e. The zero-order valence-electron chi connectivity index (χ0n) is 8.92. The second-order valence-corrected chi connectivity index (χ2v) is 3.64. The Morgan fingerprint density at radius 1 is 1.41 bits per heavy atom. The second kappa shape index (κ2) is 5.40. The van der Waals surface area contributed by atoms with E-state index in [0.717, 1.165) is 12.1 Å². The van der Waals surface area contributed by atoms with Crippen LogP contribution < -0.4 is 0 Å². The van der Waals surface area contributed by atoms with Crippen molar-refractivity contribution in [2.24, 2.45) is 0 Å². The van der Waals surface area contributed by atoms with Gasteiger partial charge in [-0.15, -0.1) is 11.6 Å². The molecule has 1 aromatic rings. The second-order valence-electron chi connectivity index (χ2n) is 3.20. The molecule has 0 fully saturated rings. The Labute approximate surface area is 101 Å². The quantitative estimate of drug-likeness (QED) is 0.618. The predicted molar refractivity (Wildman–Crippen MR) is 56.7 cm³/mol. The summed E-state index contributed by atoms with van der Waals surface area (Å²) in [6, 6.07) is 4.67. The third-order valence-electron chi connectivity index (χ3n) is 2.03. The van der Waals surface area contributed by atoms with Crippen molar-refractivity contribution in [3.05, 3.63) is 35.4 Å². The highest BCUT2D eigenvalue weighted by Gasteiger charge is 2.36. The molecule has 0 aromatic heterocycles. The van der Waals surface area contributed by atoms with Gasteiger partial charge in [-0.2, -0.15) is 13.2 Å². The third-order valence-corrected chi connectivity index (χ3v) is 2.45. The van der Waals surface area contributed by atoms with Gasteiger partial charge in [-0.1, -0.05) is 18.2 Å². The molecule has 2 nitrogen and oxygen atoms in total. The topological polar surface area (TPSA) is 26.3 Å². The summed E-state index contributed by atoms with van der Waals surface area (Å²) in [6.45, 7) is 1.62. The predicted octanol–water partition coefficient (Wildman–Crippen LogP) is 3.55. The molecule has 6 heteroatoms. The molecule has 0 amide bonds. The number of alkyl halides is 4. The molecule has 0 aliphatic rings. The lowest BCUT2D eigenvalue weighted by Crippen LogP contribution is -2.16. The maximum atomic E-state index is 12.6. The highest BCUT2D eigenvalue weighted by molar-refractivity contribution is 6.30. The van der Waals surface area contributed by atoms with Gasteiger partial charge in [-0.25, -0.2) is 0 Å². The molecule has 1 aromatic carbocycles. The zero-order chi connectivity index (χ0) is 13.1. The van der Waals surface area contributed by atoms with Crippen LogP contribution in [0.2, 0.25) is 0 Å². The number of hydrogen-bond acceptors (Lipinski definition) is 2. The summed E-state index contributed by atoms with van der Waals surface area (Å²) in [6.07, 6.45) is -4.55. The summed E-state index contributed by atoms with van der Waals surface area (Å²) >= 11 is 5.67. The fourth-order valence-corrected chi connectivity index (χ4v) is 1.57. The third kappa shape index (κ3) is 3.36. The Bertz CT molecular complexity index is 404. The lowest BCUT2D eigenvalue weighted by molar-refractivity contribution is -0.143. The summed E-state index contributed by atoms with van der Waals surface area (Å²) < 4.78 is 42.5. The molecule has 0 saturated carbocycles. The van der Waals surface area contributed by atoms with Gasteiger partial charge in [-0.05, 0) is 18.6 Å². The van der Waals surface area contributed by atoms with Crippen LogP contribution >= 0.6 is 11.6 Å². The van der Waals surface area contributed by atoms with Gasteiger partial charge in [0.05, 0.1) is 12.2 Å². The molecule has 0 saturated heterocycles. The molecule has 0 spiro atoms. The first-order valence-corrected chi connectivity index (χ1v) is 5.28. The Morgan fingerprint density at radius 3 is 2.53 bits per heavy atom. The van der Waals surface area contributed by atoms with Gasteiger partial charge in [0, 0.05) is 0 Å². The molecule has 1 unspecified atom stereocenters. The largest absolute Gasteiger partial charge is 0.465 e. The van der Waals surface area contributed by atoms with E-state index in [1.54, 1.807) is 6.92 Å². The maximum absolute atomic E-state index is 12.6. The Kier molecular flexibility index (Phi) is 4.40. The SMILES string of the molecule is CCOC(=O)C(Cl)c1ccccc1C(F)(F)F. The van der Waals surface area contributed by atoms with Gasteiger partial charge in [0.25, 0.3) is 0 Å². The highest BCUT2D eigenvalue weighted by atomic mass is 35.5. The number of hydrogen-bond donors (Lipinski definition) is 0. The van der Waals surface area contributed by atoms with Gasteiger partial charge >= 0.3 is 12.1 Å². The minimum Gasteiger partial charge on any atom is -0.465 e. The lowest BCUT2D eigenvalue weighted by atomic mass is 10.0. The molecule has 17 heavy (non-hydrogen) atoms. The first kappa shape index (κ1) is 13.8. The summed E-state index contributed by atoms with van der Waals surface area (Å²) in [5, 5.41) is -1.45. The smallest absolute Gasteiger partial charge is 0.416 e. The molecule has 1 rings (SSSR count). The van der Waals surface area contributed by atoms with Crippen molar-refractivity contribution in [1.82, 2.24) is 0 Å². The summed E-state index contributed by atoms with van der Waals surface area (Å²) in [5.74, 6) is -0.883. The fraction of sp³-hybridized carbons (Fsp3) is 0.364. The van der Waals surface area contributed by atoms with Crippen molar-refractivity contribution in [3.8, 4) is 0 Å². The Hall–Kier alpha value is -1.23. The van der Waals surface area contributed by atoms with Crippen molar-refractivity contribution < 1.29 is 22.7 Å². The van der Waals surface area contributed by atoms with Crippen molar-refractivity contribution in [2.75, 3.05) is 6.61 Å². The number of benzene rings is 1. The van der Waals surface area contributed by atoms with Crippen LogP contribution in [0.15, 0.2) is 24.3 Å². The van der Waals surface area contributed by atoms with Gasteiger partial charge in [-0.3, -0.25) is 4.79 Å². The van der Waals surface area contributed by atoms with Crippen LogP contribution in [-0.2, 0) is 15.7 Å². The van der Waals surface area contributed by atoms with E-state index in [1.807, 2.05) is 0 Å². The van der Waals surface area contributed by atoms with E-state index in [-0.39, 0.29) is 12.2 Å². The van der Waals surface area contributed by atoms with E-state index in [1.165, 1.54) is 12.1 Å². The van der Waals surface area contributed by atoms with Gasteiger partial charge in [0.15, 0.2) is 5.38 Å². The molecular weight excluding hydrogens is 257 g/mol. The van der Waals surface area contributed by atoms with Gasteiger partial charge in [0.2, 0.25) is 0 Å². The minimum atomic E-state index is -4.55. The average molecular weight is 267 g/mol. The monoisotopic (exact) mass is 266 g/mol. The van der Waals surface area contributed by atoms with Crippen LogP contribution in [0.3, 0.4) is 0 Å². The fourth-order valence-electron chi connectivity index (χ4n) is 1.32. The van der Waals surface area contributed by atoms with Crippen LogP contribution in [0, 0.1) is 0 Å². The number of rotatable bonds is 3. The molecule has 0 aliphatic carbocycles. The van der Waals surface area contributed by atoms with Crippen molar-refractivity contribution in [1.29, 1.82) is 0 Å². The van der Waals surface area contributed by atoms with Crippen molar-refractivity contribution in [3.63, 3.8) is 0 Å². The first-order chi connectivity index (χ1) is 7.88. The molecule has 0 heterocycles. The Morgan fingerprint density at radius 2 is 2.00 bits per heavy atom. The zero-order valence-corrected chi connectivity index (χ0v) is 9.68. The van der Waals surface area contributed by atoms with E-state index >= 15 is 0 Å². The summed E-state index contributed by atoms with van der Waals surface area (Å²) in [7, 11) is 0. The van der Waals surface area contributed by atoms with E-state index in [0.29, 0.717) is 0 Å². The van der Waals surface area contributed by atoms with Crippen LogP contribution in [0.5, 0.6) is 0 Å². The van der Waals surface area contributed by atoms with Gasteiger partial charge < -0.3 is 4.74 Å². The number of halogens is 4. The van der Waals surface area contributed by atoms with Crippen molar-refractivity contribution >= 4 is 17.6 Å². The number of ether oxygens (including phenoxy) is 1. The molecular formula is C11H10ClF3O2. The van der Waals surface area contributed by atoms with Crippen molar-refractivity contribution in [2.45, 2.75) is 18.5 Å². The molecule has 94 valence electrons. The summed E-state index contributed by atoms with van der Waals surface area (Å²) in [5.41, 5.74) is -1.21. The van der Waals surface area contributed by atoms with Crippen LogP contribution in [-0.4, -0.2) is 12.6 Å². The Balaban J connectivity index is 3.09. The average Bonchev–Trinajstić information content (AvgIpc) is 2.27. The van der Waals surface area contributed by atoms with Crippen LogP contribution in [0.25, 0.3) is 0 Å². The normalized spacial score (nSPS) is 13.2. The molecule has 0 N–H and O–H groups in total. The number of carbonyl (C=O) groups excluding carboxylic acids is 1. The van der Waals surface area contributed by atoms with E-state index in [2.05, 4.69) is 4.74 Å². The molecule has 1 atom stereocenters. The molecule has 0 bridgehead atoms. The van der Waals surface area contributed by atoms with Crippen LogP contribution in [0.4, 0.5) is 13.2 Å². The lowest BCUT2D eigenvalue weighted by Gasteiger charge is -2.15. The standard InChI is InChI=1S/C11H10ClF3O2/c1-2-17-10(16)9(12)7-5-3-4-6-8(7)11(13,14)15/h3-6,9H,2H2,1H3. The molecule has 0 radical (unpaired) electrons. The first-order valence-electron chi connectivity index (χ1n) is 4.84. The van der Waals surface area contributed by atoms with E-state index in [9.17, 15) is 18.0 Å². The van der Waals surface area contributed by atoms with Crippen LogP contribution in [0.1, 0.15) is 23.4 Å². The summed E-state index contributed by atoms with van der Waals surface area (Å²) in [4.78, 5) is 11.3. The van der Waals surface area contributed by atoms with E-state index < -0.39 is 23.1 Å². The minimum absolute atomic E-state index is 0.0657. The highest BCUT2D eigenvalue weighted by Crippen LogP contribution is 2.36.